The fraction of sp³-hybridized carbons (Fsp3) is 0.250. The van der Waals surface area contributed by atoms with E-state index in [2.05, 4.69) is 27.0 Å². The molecule has 0 fully saturated rings. The molecule has 1 heterocycles. The van der Waals surface area contributed by atoms with E-state index in [0.29, 0.717) is 0 Å². The summed E-state index contributed by atoms with van der Waals surface area (Å²) in [4.78, 5) is 4.55. The number of nitrogens with zero attached hydrogens (tertiary/aromatic N) is 1. The van der Waals surface area contributed by atoms with Crippen LogP contribution >= 0.6 is 27.5 Å². The van der Waals surface area contributed by atoms with Crippen molar-refractivity contribution in [2.45, 2.75) is 19.2 Å². The highest BCUT2D eigenvalue weighted by molar-refractivity contribution is 9.08. The Hall–Kier alpha value is -0.600. The molecule has 2 rings (SSSR count). The summed E-state index contributed by atoms with van der Waals surface area (Å²) < 4.78 is 0. The number of pyridine rings is 1. The third-order valence-corrected chi connectivity index (χ3v) is 3.25. The molecule has 0 radical (unpaired) electrons. The summed E-state index contributed by atoms with van der Waals surface area (Å²) in [6, 6.07) is 6.02. The molecule has 2 aromatic rings. The maximum atomic E-state index is 6.05. The van der Waals surface area contributed by atoms with Crippen LogP contribution in [0, 0.1) is 13.8 Å². The number of hydrogen-bond donors (Lipinski definition) is 0. The Morgan fingerprint density at radius 2 is 2.00 bits per heavy atom. The molecule has 0 bridgehead atoms. The number of fused-ring (bicyclic) bond motifs is 1. The zero-order chi connectivity index (χ0) is 11.0. The van der Waals surface area contributed by atoms with Crippen molar-refractivity contribution in [2.75, 3.05) is 0 Å². The SMILES string of the molecule is Cc1cc(CBr)c2cc(Cl)cc(C)c2n1. The minimum atomic E-state index is 0.771. The van der Waals surface area contributed by atoms with Crippen molar-refractivity contribution >= 4 is 38.4 Å². The van der Waals surface area contributed by atoms with E-state index in [1.165, 1.54) is 5.56 Å². The van der Waals surface area contributed by atoms with E-state index in [9.17, 15) is 0 Å². The molecule has 0 spiro atoms. The van der Waals surface area contributed by atoms with Gasteiger partial charge in [0, 0.05) is 21.4 Å². The highest BCUT2D eigenvalue weighted by atomic mass is 79.9. The minimum absolute atomic E-state index is 0.771. The van der Waals surface area contributed by atoms with Crippen LogP contribution < -0.4 is 0 Å². The van der Waals surface area contributed by atoms with E-state index < -0.39 is 0 Å². The van der Waals surface area contributed by atoms with Crippen molar-refractivity contribution in [1.29, 1.82) is 0 Å². The van der Waals surface area contributed by atoms with Gasteiger partial charge in [0.1, 0.15) is 0 Å². The Morgan fingerprint density at radius 3 is 2.67 bits per heavy atom. The fourth-order valence-corrected chi connectivity index (χ4v) is 2.51. The van der Waals surface area contributed by atoms with Gasteiger partial charge in [-0.15, -0.1) is 0 Å². The molecule has 1 aromatic heterocycles. The molecule has 3 heteroatoms. The topological polar surface area (TPSA) is 12.9 Å². The molecule has 0 atom stereocenters. The lowest BCUT2D eigenvalue weighted by Crippen LogP contribution is -1.92. The average molecular weight is 285 g/mol. The molecule has 0 saturated carbocycles. The first-order valence-electron chi connectivity index (χ1n) is 4.74. The van der Waals surface area contributed by atoms with Crippen LogP contribution in [0.3, 0.4) is 0 Å². The number of aryl methyl sites for hydroxylation is 2. The molecule has 0 unspecified atom stereocenters. The largest absolute Gasteiger partial charge is 0.253 e. The number of hydrogen-bond acceptors (Lipinski definition) is 1. The molecule has 0 saturated heterocycles. The second-order valence-electron chi connectivity index (χ2n) is 3.68. The summed E-state index contributed by atoms with van der Waals surface area (Å²) >= 11 is 9.54. The molecule has 0 N–H and O–H groups in total. The first-order valence-corrected chi connectivity index (χ1v) is 6.24. The van der Waals surface area contributed by atoms with E-state index in [4.69, 9.17) is 11.6 Å². The Balaban J connectivity index is 2.89. The van der Waals surface area contributed by atoms with E-state index in [1.54, 1.807) is 0 Å². The van der Waals surface area contributed by atoms with Crippen LogP contribution in [0.4, 0.5) is 0 Å². The Labute approximate surface area is 103 Å². The Kier molecular flexibility index (Phi) is 2.98. The van der Waals surface area contributed by atoms with Gasteiger partial charge in [0.25, 0.3) is 0 Å². The van der Waals surface area contributed by atoms with Gasteiger partial charge in [0.2, 0.25) is 0 Å². The van der Waals surface area contributed by atoms with Crippen molar-refractivity contribution in [1.82, 2.24) is 4.98 Å². The van der Waals surface area contributed by atoms with Gasteiger partial charge < -0.3 is 0 Å². The maximum absolute atomic E-state index is 6.05. The zero-order valence-corrected chi connectivity index (χ0v) is 11.0. The smallest absolute Gasteiger partial charge is 0.0738 e. The average Bonchev–Trinajstić information content (AvgIpc) is 2.18. The van der Waals surface area contributed by atoms with Gasteiger partial charge in [-0.2, -0.15) is 0 Å². The molecule has 0 amide bonds. The normalized spacial score (nSPS) is 10.9. The predicted molar refractivity (Wildman–Crippen MR) is 68.9 cm³/mol. The molecule has 0 aliphatic rings. The molecule has 78 valence electrons. The van der Waals surface area contributed by atoms with E-state index in [-0.39, 0.29) is 0 Å². The summed E-state index contributed by atoms with van der Waals surface area (Å²) in [5.41, 5.74) is 4.46. The van der Waals surface area contributed by atoms with Crippen molar-refractivity contribution < 1.29 is 0 Å². The zero-order valence-electron chi connectivity index (χ0n) is 8.64. The highest BCUT2D eigenvalue weighted by Crippen LogP contribution is 2.26. The molecule has 0 aliphatic heterocycles. The van der Waals surface area contributed by atoms with Gasteiger partial charge in [-0.05, 0) is 43.2 Å². The summed E-state index contributed by atoms with van der Waals surface area (Å²) in [6.45, 7) is 4.05. The van der Waals surface area contributed by atoms with Crippen LogP contribution in [0.5, 0.6) is 0 Å². The van der Waals surface area contributed by atoms with E-state index >= 15 is 0 Å². The number of halogens is 2. The molecular formula is C12H11BrClN. The monoisotopic (exact) mass is 283 g/mol. The standard InChI is InChI=1S/C12H11BrClN/c1-7-3-10(14)5-11-9(6-13)4-8(2)15-12(7)11/h3-5H,6H2,1-2H3. The highest BCUT2D eigenvalue weighted by Gasteiger charge is 2.06. The molecule has 1 aromatic carbocycles. The summed E-state index contributed by atoms with van der Waals surface area (Å²) in [5.74, 6) is 0. The lowest BCUT2D eigenvalue weighted by atomic mass is 10.1. The molecule has 1 nitrogen and oxygen atoms in total. The van der Waals surface area contributed by atoms with Crippen LogP contribution in [0.15, 0.2) is 18.2 Å². The lowest BCUT2D eigenvalue weighted by molar-refractivity contribution is 1.22. The van der Waals surface area contributed by atoms with Crippen molar-refractivity contribution in [3.63, 3.8) is 0 Å². The van der Waals surface area contributed by atoms with E-state index in [1.807, 2.05) is 26.0 Å². The Bertz CT molecular complexity index is 523. The van der Waals surface area contributed by atoms with Crippen LogP contribution in [0.25, 0.3) is 10.9 Å². The third kappa shape index (κ3) is 2.01. The van der Waals surface area contributed by atoms with Gasteiger partial charge in [-0.1, -0.05) is 27.5 Å². The van der Waals surface area contributed by atoms with Crippen molar-refractivity contribution in [3.05, 3.63) is 40.0 Å². The quantitative estimate of drug-likeness (QED) is 0.707. The summed E-state index contributed by atoms with van der Waals surface area (Å²) in [7, 11) is 0. The summed E-state index contributed by atoms with van der Waals surface area (Å²) in [5, 5.41) is 2.74. The number of aromatic nitrogens is 1. The van der Waals surface area contributed by atoms with Crippen molar-refractivity contribution in [2.24, 2.45) is 0 Å². The lowest BCUT2D eigenvalue weighted by Gasteiger charge is -2.08. The van der Waals surface area contributed by atoms with Gasteiger partial charge >= 0.3 is 0 Å². The fourth-order valence-electron chi connectivity index (χ4n) is 1.78. The van der Waals surface area contributed by atoms with Crippen LogP contribution in [-0.2, 0) is 5.33 Å². The first kappa shape index (κ1) is 10.9. The van der Waals surface area contributed by atoms with Gasteiger partial charge in [0.05, 0.1) is 5.52 Å². The Morgan fingerprint density at radius 1 is 1.27 bits per heavy atom. The van der Waals surface area contributed by atoms with Crippen LogP contribution in [-0.4, -0.2) is 4.98 Å². The van der Waals surface area contributed by atoms with Gasteiger partial charge in [-0.3, -0.25) is 4.98 Å². The second kappa shape index (κ2) is 4.11. The minimum Gasteiger partial charge on any atom is -0.253 e. The molecule has 0 aliphatic carbocycles. The van der Waals surface area contributed by atoms with E-state index in [0.717, 1.165) is 32.5 Å². The first-order chi connectivity index (χ1) is 7.11. The predicted octanol–water partition coefficient (Wildman–Crippen LogP) is 4.40. The van der Waals surface area contributed by atoms with Crippen LogP contribution in [0.1, 0.15) is 16.8 Å². The molecular weight excluding hydrogens is 273 g/mol. The summed E-state index contributed by atoms with van der Waals surface area (Å²) in [6.07, 6.45) is 0. The number of alkyl halides is 1. The van der Waals surface area contributed by atoms with Gasteiger partial charge in [0.15, 0.2) is 0 Å². The van der Waals surface area contributed by atoms with Crippen molar-refractivity contribution in [3.8, 4) is 0 Å². The molecule has 15 heavy (non-hydrogen) atoms. The van der Waals surface area contributed by atoms with Gasteiger partial charge in [-0.25, -0.2) is 0 Å². The van der Waals surface area contributed by atoms with Crippen LogP contribution in [0.2, 0.25) is 5.02 Å². The number of rotatable bonds is 1. The number of benzene rings is 1. The maximum Gasteiger partial charge on any atom is 0.0738 e. The third-order valence-electron chi connectivity index (χ3n) is 2.43. The second-order valence-corrected chi connectivity index (χ2v) is 4.67.